The fourth-order valence-electron chi connectivity index (χ4n) is 4.04. The van der Waals surface area contributed by atoms with E-state index in [0.717, 1.165) is 43.0 Å². The maximum atomic E-state index is 13.2. The zero-order valence-corrected chi connectivity index (χ0v) is 19.5. The number of amides is 1. The van der Waals surface area contributed by atoms with Gasteiger partial charge in [0.25, 0.3) is 0 Å². The number of rotatable bonds is 6. The van der Waals surface area contributed by atoms with Gasteiger partial charge in [-0.05, 0) is 29.8 Å². The van der Waals surface area contributed by atoms with Crippen LogP contribution in [0.5, 0.6) is 0 Å². The monoisotopic (exact) mass is 467 g/mol. The first kappa shape index (κ1) is 22.7. The van der Waals surface area contributed by atoms with Crippen molar-refractivity contribution in [2.75, 3.05) is 37.6 Å². The maximum Gasteiger partial charge on any atom is 0.242 e. The molecule has 166 valence electrons. The number of allylic oxidation sites excluding steroid dienone is 5. The topological polar surface area (TPSA) is 26.8 Å². The quantitative estimate of drug-likeness (QED) is 0.557. The standard InChI is InChI=1S/C26H27Cl2N3O/c27-24-14-8-9-21(26(24)28)19-29-15-17-30(18-16-29)25(32)20-31(23-12-6-3-7-13-23)22-10-4-1-2-5-11-22/h1-10,12-14H,11,15-20H2. The van der Waals surface area contributed by atoms with Crippen LogP contribution in [-0.4, -0.2) is 48.4 Å². The molecule has 4 nitrogen and oxygen atoms in total. The van der Waals surface area contributed by atoms with Crippen LogP contribution in [0.1, 0.15) is 12.0 Å². The van der Waals surface area contributed by atoms with Crippen molar-refractivity contribution in [2.45, 2.75) is 13.0 Å². The summed E-state index contributed by atoms with van der Waals surface area (Å²) in [6.07, 6.45) is 11.1. The molecule has 2 aliphatic rings. The van der Waals surface area contributed by atoms with E-state index in [0.29, 0.717) is 29.7 Å². The van der Waals surface area contributed by atoms with Gasteiger partial charge in [-0.25, -0.2) is 0 Å². The molecule has 1 amide bonds. The van der Waals surface area contributed by atoms with Crippen molar-refractivity contribution in [3.8, 4) is 0 Å². The predicted molar refractivity (Wildman–Crippen MR) is 133 cm³/mol. The van der Waals surface area contributed by atoms with Crippen LogP contribution < -0.4 is 4.90 Å². The Kier molecular flexibility index (Phi) is 7.69. The average molecular weight is 468 g/mol. The van der Waals surface area contributed by atoms with E-state index in [-0.39, 0.29) is 5.91 Å². The minimum absolute atomic E-state index is 0.146. The second-order valence-corrected chi connectivity index (χ2v) is 8.75. The molecular weight excluding hydrogens is 441 g/mol. The minimum atomic E-state index is 0.146. The fourth-order valence-corrected chi connectivity index (χ4v) is 4.41. The highest BCUT2D eigenvalue weighted by atomic mass is 35.5. The lowest BCUT2D eigenvalue weighted by molar-refractivity contribution is -0.131. The van der Waals surface area contributed by atoms with E-state index >= 15 is 0 Å². The molecule has 2 aromatic rings. The van der Waals surface area contributed by atoms with Crippen LogP contribution in [-0.2, 0) is 11.3 Å². The third kappa shape index (κ3) is 5.63. The van der Waals surface area contributed by atoms with Gasteiger partial charge >= 0.3 is 0 Å². The Morgan fingerprint density at radius 3 is 2.47 bits per heavy atom. The Balaban J connectivity index is 1.39. The third-order valence-electron chi connectivity index (χ3n) is 5.83. The molecule has 32 heavy (non-hydrogen) atoms. The predicted octanol–water partition coefficient (Wildman–Crippen LogP) is 5.54. The van der Waals surface area contributed by atoms with Gasteiger partial charge in [-0.1, -0.05) is 77.8 Å². The van der Waals surface area contributed by atoms with Gasteiger partial charge in [0.05, 0.1) is 10.0 Å². The van der Waals surface area contributed by atoms with Gasteiger partial charge in [0.2, 0.25) is 5.91 Å². The second kappa shape index (κ2) is 10.9. The number of hydrogen-bond donors (Lipinski definition) is 0. The summed E-state index contributed by atoms with van der Waals surface area (Å²) in [4.78, 5) is 19.6. The fraction of sp³-hybridized carbons (Fsp3) is 0.269. The zero-order chi connectivity index (χ0) is 22.3. The molecule has 1 heterocycles. The molecule has 2 aromatic carbocycles. The highest BCUT2D eigenvalue weighted by molar-refractivity contribution is 6.42. The molecule has 0 spiro atoms. The SMILES string of the molecule is O=C(CN(C1=CC=CC=CC1)c1ccccc1)N1CCN(Cc2cccc(Cl)c2Cl)CC1. The molecule has 4 rings (SSSR count). The molecule has 0 atom stereocenters. The number of halogens is 2. The number of nitrogens with zero attached hydrogens (tertiary/aromatic N) is 3. The Labute approximate surface area is 200 Å². The maximum absolute atomic E-state index is 13.2. The summed E-state index contributed by atoms with van der Waals surface area (Å²) in [6, 6.07) is 15.9. The summed E-state index contributed by atoms with van der Waals surface area (Å²) in [6.45, 7) is 4.11. The molecule has 0 radical (unpaired) electrons. The van der Waals surface area contributed by atoms with Crippen molar-refractivity contribution in [2.24, 2.45) is 0 Å². The van der Waals surface area contributed by atoms with E-state index in [2.05, 4.69) is 34.1 Å². The van der Waals surface area contributed by atoms with Crippen molar-refractivity contribution < 1.29 is 4.79 Å². The molecule has 1 aliphatic carbocycles. The van der Waals surface area contributed by atoms with E-state index in [4.69, 9.17) is 23.2 Å². The van der Waals surface area contributed by atoms with E-state index in [9.17, 15) is 4.79 Å². The van der Waals surface area contributed by atoms with E-state index < -0.39 is 0 Å². The zero-order valence-electron chi connectivity index (χ0n) is 18.0. The third-order valence-corrected chi connectivity index (χ3v) is 6.69. The number of hydrogen-bond acceptors (Lipinski definition) is 3. The first-order valence-electron chi connectivity index (χ1n) is 10.9. The van der Waals surface area contributed by atoms with E-state index in [1.165, 1.54) is 0 Å². The largest absolute Gasteiger partial charge is 0.339 e. The Morgan fingerprint density at radius 1 is 0.906 bits per heavy atom. The van der Waals surface area contributed by atoms with Gasteiger partial charge in [0.15, 0.2) is 0 Å². The molecule has 0 unspecified atom stereocenters. The minimum Gasteiger partial charge on any atom is -0.339 e. The smallest absolute Gasteiger partial charge is 0.242 e. The Hall–Kier alpha value is -2.53. The second-order valence-electron chi connectivity index (χ2n) is 7.97. The number of carbonyl (C=O) groups excluding carboxylic acids is 1. The molecular formula is C26H27Cl2N3O. The van der Waals surface area contributed by atoms with Crippen molar-refractivity contribution in [3.05, 3.63) is 100 Å². The Bertz CT molecular complexity index is 1020. The average Bonchev–Trinajstić information content (AvgIpc) is 3.11. The van der Waals surface area contributed by atoms with Gasteiger partial charge in [-0.15, -0.1) is 0 Å². The Morgan fingerprint density at radius 2 is 1.69 bits per heavy atom. The van der Waals surface area contributed by atoms with Crippen molar-refractivity contribution in [3.63, 3.8) is 0 Å². The normalized spacial score (nSPS) is 16.6. The van der Waals surface area contributed by atoms with E-state index in [1.807, 2.05) is 53.5 Å². The van der Waals surface area contributed by atoms with Crippen LogP contribution in [0.15, 0.2) is 84.6 Å². The molecule has 1 aliphatic heterocycles. The lowest BCUT2D eigenvalue weighted by atomic mass is 10.2. The van der Waals surface area contributed by atoms with Crippen molar-refractivity contribution >= 4 is 34.8 Å². The number of anilines is 1. The number of benzene rings is 2. The van der Waals surface area contributed by atoms with Gasteiger partial charge < -0.3 is 9.80 Å². The summed E-state index contributed by atoms with van der Waals surface area (Å²) in [5.74, 6) is 0.146. The molecule has 6 heteroatoms. The van der Waals surface area contributed by atoms with Gasteiger partial charge in [-0.3, -0.25) is 9.69 Å². The number of para-hydroxylation sites is 1. The van der Waals surface area contributed by atoms with Crippen molar-refractivity contribution in [1.29, 1.82) is 0 Å². The molecule has 0 bridgehead atoms. The molecule has 0 saturated carbocycles. The summed E-state index contributed by atoms with van der Waals surface area (Å²) in [5.41, 5.74) is 3.17. The molecule has 1 fully saturated rings. The van der Waals surface area contributed by atoms with Crippen molar-refractivity contribution in [1.82, 2.24) is 9.80 Å². The lowest BCUT2D eigenvalue weighted by Crippen LogP contribution is -2.50. The van der Waals surface area contributed by atoms with Crippen LogP contribution in [0.2, 0.25) is 10.0 Å². The van der Waals surface area contributed by atoms with Crippen LogP contribution >= 0.6 is 23.2 Å². The summed E-state index contributed by atoms with van der Waals surface area (Å²) >= 11 is 12.5. The highest BCUT2D eigenvalue weighted by Gasteiger charge is 2.24. The van der Waals surface area contributed by atoms with Crippen LogP contribution in [0.4, 0.5) is 5.69 Å². The summed E-state index contributed by atoms with van der Waals surface area (Å²) in [5, 5.41) is 1.20. The molecule has 1 saturated heterocycles. The van der Waals surface area contributed by atoms with E-state index in [1.54, 1.807) is 6.07 Å². The first-order chi connectivity index (χ1) is 15.6. The van der Waals surface area contributed by atoms with Crippen LogP contribution in [0.25, 0.3) is 0 Å². The van der Waals surface area contributed by atoms with Crippen LogP contribution in [0, 0.1) is 0 Å². The molecule has 0 N–H and O–H groups in total. The molecule has 0 aromatic heterocycles. The van der Waals surface area contributed by atoms with Gasteiger partial charge in [0, 0.05) is 50.5 Å². The number of carbonyl (C=O) groups is 1. The van der Waals surface area contributed by atoms with Gasteiger partial charge in [0.1, 0.15) is 6.54 Å². The lowest BCUT2D eigenvalue weighted by Gasteiger charge is -2.36. The summed E-state index contributed by atoms with van der Waals surface area (Å²) in [7, 11) is 0. The van der Waals surface area contributed by atoms with Gasteiger partial charge in [-0.2, -0.15) is 0 Å². The summed E-state index contributed by atoms with van der Waals surface area (Å²) < 4.78 is 0. The number of piperazine rings is 1. The first-order valence-corrected chi connectivity index (χ1v) is 11.7. The highest BCUT2D eigenvalue weighted by Crippen LogP contribution is 2.27. The van der Waals surface area contributed by atoms with Crippen LogP contribution in [0.3, 0.4) is 0 Å².